The Bertz CT molecular complexity index is 975. The van der Waals surface area contributed by atoms with Crippen molar-refractivity contribution in [3.05, 3.63) is 42.7 Å². The lowest BCUT2D eigenvalue weighted by atomic mass is 9.98. The predicted octanol–water partition coefficient (Wildman–Crippen LogP) is 1.68. The van der Waals surface area contributed by atoms with Gasteiger partial charge in [0.15, 0.2) is 5.82 Å². The number of carboxylic acids is 1. The SMILES string of the molecule is Nc1nc(Nc2ccccc2)nn1-c1cc(N2CCCC(C(=O)O)C2)ncn1. The van der Waals surface area contributed by atoms with Crippen molar-refractivity contribution >= 4 is 29.4 Å². The smallest absolute Gasteiger partial charge is 0.308 e. The van der Waals surface area contributed by atoms with Gasteiger partial charge in [0.2, 0.25) is 11.9 Å². The van der Waals surface area contributed by atoms with E-state index in [-0.39, 0.29) is 5.95 Å². The fourth-order valence-electron chi connectivity index (χ4n) is 3.21. The van der Waals surface area contributed by atoms with E-state index in [9.17, 15) is 9.90 Å². The van der Waals surface area contributed by atoms with Crippen molar-refractivity contribution in [1.82, 2.24) is 24.7 Å². The minimum Gasteiger partial charge on any atom is -0.481 e. The average Bonchev–Trinajstić information content (AvgIpc) is 3.09. The van der Waals surface area contributed by atoms with E-state index >= 15 is 0 Å². The second kappa shape index (κ2) is 7.51. The van der Waals surface area contributed by atoms with E-state index in [4.69, 9.17) is 5.73 Å². The standard InChI is InChI=1S/C18H20N8O2/c19-17-23-18(22-13-6-2-1-3-7-13)24-26(17)15-9-14(20-11-21-15)25-8-4-5-12(10-25)16(27)28/h1-3,6-7,9,11-12H,4-5,8,10H2,(H,27,28)(H3,19,22,23,24). The third-order valence-electron chi connectivity index (χ3n) is 4.61. The van der Waals surface area contributed by atoms with E-state index in [0.717, 1.165) is 18.7 Å². The molecule has 1 aromatic carbocycles. The summed E-state index contributed by atoms with van der Waals surface area (Å²) < 4.78 is 1.43. The number of hydrogen-bond donors (Lipinski definition) is 3. The van der Waals surface area contributed by atoms with E-state index in [1.165, 1.54) is 11.0 Å². The summed E-state index contributed by atoms with van der Waals surface area (Å²) in [4.78, 5) is 26.0. The van der Waals surface area contributed by atoms with Gasteiger partial charge in [-0.25, -0.2) is 9.97 Å². The number of para-hydroxylation sites is 1. The quantitative estimate of drug-likeness (QED) is 0.604. The van der Waals surface area contributed by atoms with Crippen molar-refractivity contribution in [1.29, 1.82) is 0 Å². The minimum atomic E-state index is -0.781. The van der Waals surface area contributed by atoms with E-state index in [0.29, 0.717) is 30.5 Å². The molecule has 10 heteroatoms. The maximum absolute atomic E-state index is 11.3. The van der Waals surface area contributed by atoms with E-state index in [2.05, 4.69) is 25.4 Å². The number of aromatic nitrogens is 5. The summed E-state index contributed by atoms with van der Waals surface area (Å²) in [5, 5.41) is 16.8. The number of nitrogens with one attached hydrogen (secondary N) is 1. The molecule has 4 rings (SSSR count). The number of aliphatic carboxylic acids is 1. The molecule has 2 aromatic heterocycles. The lowest BCUT2D eigenvalue weighted by Gasteiger charge is -2.31. The van der Waals surface area contributed by atoms with Crippen molar-refractivity contribution < 1.29 is 9.90 Å². The fraction of sp³-hybridized carbons (Fsp3) is 0.278. The highest BCUT2D eigenvalue weighted by molar-refractivity contribution is 5.71. The van der Waals surface area contributed by atoms with Crippen LogP contribution in [-0.4, -0.2) is 48.9 Å². The first-order chi connectivity index (χ1) is 13.6. The number of rotatable bonds is 5. The summed E-state index contributed by atoms with van der Waals surface area (Å²) in [6.07, 6.45) is 2.89. The van der Waals surface area contributed by atoms with Crippen molar-refractivity contribution in [2.24, 2.45) is 5.92 Å². The zero-order valence-corrected chi connectivity index (χ0v) is 15.1. The topological polar surface area (TPSA) is 135 Å². The van der Waals surface area contributed by atoms with Gasteiger partial charge < -0.3 is 21.1 Å². The molecular formula is C18H20N8O2. The first kappa shape index (κ1) is 17.7. The van der Waals surface area contributed by atoms with Crippen molar-refractivity contribution in [3.63, 3.8) is 0 Å². The summed E-state index contributed by atoms with van der Waals surface area (Å²) in [7, 11) is 0. The Hall–Kier alpha value is -3.69. The molecule has 0 aliphatic carbocycles. The van der Waals surface area contributed by atoms with Crippen LogP contribution in [0.25, 0.3) is 5.82 Å². The number of carbonyl (C=O) groups is 1. The van der Waals surface area contributed by atoms with Crippen LogP contribution < -0.4 is 16.0 Å². The molecule has 0 bridgehead atoms. The molecule has 0 amide bonds. The number of nitrogens with zero attached hydrogens (tertiary/aromatic N) is 6. The van der Waals surface area contributed by atoms with Gasteiger partial charge in [-0.2, -0.15) is 9.67 Å². The van der Waals surface area contributed by atoms with Gasteiger partial charge in [0.25, 0.3) is 0 Å². The zero-order chi connectivity index (χ0) is 19.5. The molecule has 1 aliphatic heterocycles. The van der Waals surface area contributed by atoms with Crippen LogP contribution in [0.1, 0.15) is 12.8 Å². The number of nitrogen functional groups attached to an aromatic ring is 1. The normalized spacial score (nSPS) is 16.7. The highest BCUT2D eigenvalue weighted by atomic mass is 16.4. The molecule has 10 nitrogen and oxygen atoms in total. The van der Waals surface area contributed by atoms with Gasteiger partial charge in [-0.15, -0.1) is 5.10 Å². The number of piperidine rings is 1. The Morgan fingerprint density at radius 1 is 1.21 bits per heavy atom. The maximum Gasteiger partial charge on any atom is 0.308 e. The fourth-order valence-corrected chi connectivity index (χ4v) is 3.21. The lowest BCUT2D eigenvalue weighted by molar-refractivity contribution is -0.141. The largest absolute Gasteiger partial charge is 0.481 e. The summed E-state index contributed by atoms with van der Waals surface area (Å²) in [5.41, 5.74) is 6.86. The molecule has 3 aromatic rings. The monoisotopic (exact) mass is 380 g/mol. The molecule has 1 unspecified atom stereocenters. The van der Waals surface area contributed by atoms with Gasteiger partial charge in [0.1, 0.15) is 12.1 Å². The second-order valence-electron chi connectivity index (χ2n) is 6.55. The van der Waals surface area contributed by atoms with Crippen LogP contribution in [0.15, 0.2) is 42.7 Å². The van der Waals surface area contributed by atoms with Crippen molar-refractivity contribution in [2.45, 2.75) is 12.8 Å². The number of carboxylic acid groups (broad SMARTS) is 1. The molecule has 0 spiro atoms. The summed E-state index contributed by atoms with van der Waals surface area (Å²) >= 11 is 0. The molecule has 3 heterocycles. The number of benzene rings is 1. The van der Waals surface area contributed by atoms with Crippen LogP contribution in [0, 0.1) is 5.92 Å². The molecule has 1 aliphatic rings. The molecule has 1 saturated heterocycles. The third kappa shape index (κ3) is 3.70. The Kier molecular flexibility index (Phi) is 4.75. The van der Waals surface area contributed by atoms with Crippen LogP contribution in [0.5, 0.6) is 0 Å². The van der Waals surface area contributed by atoms with Gasteiger partial charge in [0, 0.05) is 24.8 Å². The zero-order valence-electron chi connectivity index (χ0n) is 15.1. The van der Waals surface area contributed by atoms with Crippen LogP contribution in [-0.2, 0) is 4.79 Å². The molecule has 1 atom stereocenters. The number of hydrogen-bond acceptors (Lipinski definition) is 8. The third-order valence-corrected chi connectivity index (χ3v) is 4.61. The van der Waals surface area contributed by atoms with E-state index < -0.39 is 11.9 Å². The van der Waals surface area contributed by atoms with E-state index in [1.807, 2.05) is 35.2 Å². The summed E-state index contributed by atoms with van der Waals surface area (Å²) in [6.45, 7) is 1.16. The Balaban J connectivity index is 1.57. The Morgan fingerprint density at radius 2 is 2.00 bits per heavy atom. The maximum atomic E-state index is 11.3. The molecule has 1 fully saturated rings. The average molecular weight is 380 g/mol. The highest BCUT2D eigenvalue weighted by Gasteiger charge is 2.26. The first-order valence-corrected chi connectivity index (χ1v) is 8.95. The molecular weight excluding hydrogens is 360 g/mol. The van der Waals surface area contributed by atoms with E-state index in [1.54, 1.807) is 6.07 Å². The molecule has 0 radical (unpaired) electrons. The minimum absolute atomic E-state index is 0.185. The molecule has 4 N–H and O–H groups in total. The van der Waals surface area contributed by atoms with Gasteiger partial charge in [-0.05, 0) is 25.0 Å². The lowest BCUT2D eigenvalue weighted by Crippen LogP contribution is -2.39. The van der Waals surface area contributed by atoms with Crippen LogP contribution in [0.3, 0.4) is 0 Å². The molecule has 0 saturated carbocycles. The van der Waals surface area contributed by atoms with Gasteiger partial charge >= 0.3 is 5.97 Å². The summed E-state index contributed by atoms with van der Waals surface area (Å²) in [5.74, 6) is 0.469. The predicted molar refractivity (Wildman–Crippen MR) is 104 cm³/mol. The Labute approximate surface area is 161 Å². The Morgan fingerprint density at radius 3 is 2.79 bits per heavy atom. The van der Waals surface area contributed by atoms with Crippen LogP contribution in [0.2, 0.25) is 0 Å². The van der Waals surface area contributed by atoms with Crippen LogP contribution in [0.4, 0.5) is 23.4 Å². The second-order valence-corrected chi connectivity index (χ2v) is 6.55. The van der Waals surface area contributed by atoms with Gasteiger partial charge in [0.05, 0.1) is 5.92 Å². The van der Waals surface area contributed by atoms with Crippen LogP contribution >= 0.6 is 0 Å². The molecule has 28 heavy (non-hydrogen) atoms. The van der Waals surface area contributed by atoms with Crippen molar-refractivity contribution in [3.8, 4) is 5.82 Å². The van der Waals surface area contributed by atoms with Gasteiger partial charge in [-0.1, -0.05) is 18.2 Å². The van der Waals surface area contributed by atoms with Crippen molar-refractivity contribution in [2.75, 3.05) is 29.0 Å². The number of nitrogens with two attached hydrogens (primary N) is 1. The van der Waals surface area contributed by atoms with Gasteiger partial charge in [-0.3, -0.25) is 4.79 Å². The molecule has 144 valence electrons. The summed E-state index contributed by atoms with van der Waals surface area (Å²) in [6, 6.07) is 11.3. The first-order valence-electron chi connectivity index (χ1n) is 8.95. The number of anilines is 4. The highest BCUT2D eigenvalue weighted by Crippen LogP contribution is 2.23.